The molecule has 0 saturated heterocycles. The van der Waals surface area contributed by atoms with E-state index in [0.29, 0.717) is 11.6 Å². The number of rotatable bonds is 1. The summed E-state index contributed by atoms with van der Waals surface area (Å²) in [7, 11) is 0. The highest BCUT2D eigenvalue weighted by Crippen LogP contribution is 2.30. The summed E-state index contributed by atoms with van der Waals surface area (Å²) in [6.45, 7) is 0.665. The Bertz CT molecular complexity index is 684. The van der Waals surface area contributed by atoms with Crippen molar-refractivity contribution >= 4 is 23.2 Å². The van der Waals surface area contributed by atoms with E-state index < -0.39 is 0 Å². The van der Waals surface area contributed by atoms with Crippen LogP contribution in [0.4, 0.5) is 5.69 Å². The first-order chi connectivity index (χ1) is 10.2. The molecular weight excluding hydrogens is 286 g/mol. The third-order valence-corrected chi connectivity index (χ3v) is 4.03. The van der Waals surface area contributed by atoms with Gasteiger partial charge in [0.25, 0.3) is 5.91 Å². The van der Waals surface area contributed by atoms with Crippen LogP contribution in [-0.2, 0) is 6.42 Å². The van der Waals surface area contributed by atoms with Crippen LogP contribution in [-0.4, -0.2) is 17.6 Å². The summed E-state index contributed by atoms with van der Waals surface area (Å²) in [5.41, 5.74) is 2.40. The topological polar surface area (TPSA) is 40.5 Å². The number of carbonyl (C=O) groups is 1. The maximum absolute atomic E-state index is 12.8. The monoisotopic (exact) mass is 301 g/mol. The van der Waals surface area contributed by atoms with Crippen molar-refractivity contribution in [1.29, 1.82) is 0 Å². The third-order valence-electron chi connectivity index (χ3n) is 3.80. The molecule has 0 aliphatic carbocycles. The van der Waals surface area contributed by atoms with Crippen molar-refractivity contribution in [2.45, 2.75) is 19.3 Å². The van der Waals surface area contributed by atoms with Gasteiger partial charge in [-0.3, -0.25) is 4.79 Å². The smallest absolute Gasteiger partial charge is 0.262 e. The Morgan fingerprint density at radius 1 is 1.14 bits per heavy atom. The van der Waals surface area contributed by atoms with E-state index in [4.69, 9.17) is 11.6 Å². The molecule has 0 aromatic heterocycles. The maximum atomic E-state index is 12.8. The van der Waals surface area contributed by atoms with Crippen molar-refractivity contribution in [2.75, 3.05) is 11.4 Å². The van der Waals surface area contributed by atoms with Crippen molar-refractivity contribution in [1.82, 2.24) is 0 Å². The Hall–Kier alpha value is -2.00. The number of halogens is 1. The zero-order valence-electron chi connectivity index (χ0n) is 11.6. The predicted molar refractivity (Wildman–Crippen MR) is 84.2 cm³/mol. The summed E-state index contributed by atoms with van der Waals surface area (Å²) >= 11 is 5.83. The normalized spacial score (nSPS) is 14.4. The van der Waals surface area contributed by atoms with Gasteiger partial charge in [0.2, 0.25) is 0 Å². The average molecular weight is 302 g/mol. The van der Waals surface area contributed by atoms with Crippen LogP contribution < -0.4 is 4.90 Å². The Balaban J connectivity index is 2.01. The molecule has 1 N–H and O–H groups in total. The number of benzene rings is 2. The van der Waals surface area contributed by atoms with E-state index in [1.807, 2.05) is 18.2 Å². The van der Waals surface area contributed by atoms with E-state index in [-0.39, 0.29) is 17.2 Å². The van der Waals surface area contributed by atoms with Crippen LogP contribution in [0, 0.1) is 0 Å². The fourth-order valence-corrected chi connectivity index (χ4v) is 2.90. The van der Waals surface area contributed by atoms with Crippen LogP contribution in [0.1, 0.15) is 28.8 Å². The number of phenolic OH excluding ortho intramolecular Hbond substituents is 1. The van der Waals surface area contributed by atoms with Crippen molar-refractivity contribution in [3.8, 4) is 5.75 Å². The molecule has 4 heteroatoms. The number of para-hydroxylation sites is 1. The van der Waals surface area contributed by atoms with E-state index in [2.05, 4.69) is 6.07 Å². The zero-order chi connectivity index (χ0) is 14.8. The zero-order valence-corrected chi connectivity index (χ0v) is 12.3. The summed E-state index contributed by atoms with van der Waals surface area (Å²) in [6, 6.07) is 12.6. The molecule has 0 saturated carbocycles. The number of amides is 1. The largest absolute Gasteiger partial charge is 0.507 e. The van der Waals surface area contributed by atoms with Gasteiger partial charge >= 0.3 is 0 Å². The second-order valence-electron chi connectivity index (χ2n) is 5.20. The summed E-state index contributed by atoms with van der Waals surface area (Å²) in [5.74, 6) is -0.257. The average Bonchev–Trinajstić information content (AvgIpc) is 2.69. The number of hydrogen-bond donors (Lipinski definition) is 1. The lowest BCUT2D eigenvalue weighted by atomic mass is 10.1. The first-order valence-electron chi connectivity index (χ1n) is 7.05. The molecule has 0 bridgehead atoms. The van der Waals surface area contributed by atoms with Gasteiger partial charge in [0.05, 0.1) is 5.56 Å². The fraction of sp³-hybridized carbons (Fsp3) is 0.235. The van der Waals surface area contributed by atoms with Crippen molar-refractivity contribution in [3.63, 3.8) is 0 Å². The van der Waals surface area contributed by atoms with Gasteiger partial charge in [-0.25, -0.2) is 0 Å². The number of aryl methyl sites for hydroxylation is 1. The number of carbonyl (C=O) groups excluding carboxylic acids is 1. The van der Waals surface area contributed by atoms with E-state index in [9.17, 15) is 9.90 Å². The van der Waals surface area contributed by atoms with Gasteiger partial charge in [0.15, 0.2) is 0 Å². The molecular formula is C17H16ClNO2. The first-order valence-corrected chi connectivity index (χ1v) is 7.43. The molecule has 1 aliphatic heterocycles. The molecule has 3 nitrogen and oxygen atoms in total. The minimum absolute atomic E-state index is 0.0748. The standard InChI is InChI=1S/C17H16ClNO2/c18-13-8-9-14(16(20)11-13)17(21)19-10-4-3-6-12-5-1-2-7-15(12)19/h1-2,5,7-9,11,20H,3-4,6,10H2. The quantitative estimate of drug-likeness (QED) is 0.864. The lowest BCUT2D eigenvalue weighted by molar-refractivity contribution is 0.0984. The number of hydrogen-bond acceptors (Lipinski definition) is 2. The van der Waals surface area contributed by atoms with Crippen molar-refractivity contribution in [3.05, 3.63) is 58.6 Å². The Kier molecular flexibility index (Phi) is 3.84. The fourth-order valence-electron chi connectivity index (χ4n) is 2.73. The number of fused-ring (bicyclic) bond motifs is 1. The van der Waals surface area contributed by atoms with E-state index >= 15 is 0 Å². The number of aromatic hydroxyl groups is 1. The van der Waals surface area contributed by atoms with Crippen LogP contribution in [0.2, 0.25) is 5.02 Å². The molecule has 2 aromatic rings. The summed E-state index contributed by atoms with van der Waals surface area (Å²) in [6.07, 6.45) is 2.99. The molecule has 0 atom stereocenters. The second kappa shape index (κ2) is 5.78. The van der Waals surface area contributed by atoms with Gasteiger partial charge in [-0.05, 0) is 49.1 Å². The highest BCUT2D eigenvalue weighted by molar-refractivity contribution is 6.31. The Morgan fingerprint density at radius 3 is 2.76 bits per heavy atom. The molecule has 0 unspecified atom stereocenters. The summed E-state index contributed by atoms with van der Waals surface area (Å²) in [5, 5.41) is 10.4. The number of nitrogens with zero attached hydrogens (tertiary/aromatic N) is 1. The van der Waals surface area contributed by atoms with Gasteiger partial charge in [0.1, 0.15) is 5.75 Å². The van der Waals surface area contributed by atoms with Crippen LogP contribution in [0.5, 0.6) is 5.75 Å². The van der Waals surface area contributed by atoms with Crippen LogP contribution >= 0.6 is 11.6 Å². The molecule has 2 aromatic carbocycles. The molecule has 1 amide bonds. The second-order valence-corrected chi connectivity index (χ2v) is 5.64. The van der Waals surface area contributed by atoms with Gasteiger partial charge in [-0.1, -0.05) is 29.8 Å². The van der Waals surface area contributed by atoms with Crippen LogP contribution in [0.25, 0.3) is 0 Å². The molecule has 21 heavy (non-hydrogen) atoms. The highest BCUT2D eigenvalue weighted by atomic mass is 35.5. The van der Waals surface area contributed by atoms with Gasteiger partial charge in [-0.15, -0.1) is 0 Å². The first kappa shape index (κ1) is 14.0. The lowest BCUT2D eigenvalue weighted by Gasteiger charge is -2.23. The van der Waals surface area contributed by atoms with Crippen LogP contribution in [0.15, 0.2) is 42.5 Å². The summed E-state index contributed by atoms with van der Waals surface area (Å²) in [4.78, 5) is 14.5. The van der Waals surface area contributed by atoms with Gasteiger partial charge in [0, 0.05) is 17.3 Å². The lowest BCUT2D eigenvalue weighted by Crippen LogP contribution is -2.31. The predicted octanol–water partition coefficient (Wildman–Crippen LogP) is 4.03. The molecule has 0 fully saturated rings. The third kappa shape index (κ3) is 2.74. The van der Waals surface area contributed by atoms with Gasteiger partial charge in [-0.2, -0.15) is 0 Å². The summed E-state index contributed by atoms with van der Waals surface area (Å²) < 4.78 is 0. The molecule has 3 rings (SSSR count). The minimum Gasteiger partial charge on any atom is -0.507 e. The minimum atomic E-state index is -0.182. The van der Waals surface area contributed by atoms with Crippen LogP contribution in [0.3, 0.4) is 0 Å². The van der Waals surface area contributed by atoms with E-state index in [1.54, 1.807) is 17.0 Å². The van der Waals surface area contributed by atoms with E-state index in [1.165, 1.54) is 11.6 Å². The molecule has 0 radical (unpaired) electrons. The SMILES string of the molecule is O=C(c1ccc(Cl)cc1O)N1CCCCc2ccccc21. The van der Waals surface area contributed by atoms with Crippen molar-refractivity contribution in [2.24, 2.45) is 0 Å². The molecule has 1 heterocycles. The van der Waals surface area contributed by atoms with E-state index in [0.717, 1.165) is 24.9 Å². The Labute approximate surface area is 128 Å². The molecule has 108 valence electrons. The number of phenols is 1. The highest BCUT2D eigenvalue weighted by Gasteiger charge is 2.24. The Morgan fingerprint density at radius 2 is 1.95 bits per heavy atom. The van der Waals surface area contributed by atoms with Gasteiger partial charge < -0.3 is 10.0 Å². The molecule has 0 spiro atoms. The molecule has 1 aliphatic rings. The maximum Gasteiger partial charge on any atom is 0.262 e. The number of anilines is 1. The van der Waals surface area contributed by atoms with Crippen molar-refractivity contribution < 1.29 is 9.90 Å².